The fraction of sp³-hybridized carbons (Fsp3) is 0.875. The molecular weight excluding hydrogens is 146 g/mol. The zero-order valence-corrected chi connectivity index (χ0v) is 6.77. The van der Waals surface area contributed by atoms with Gasteiger partial charge in [-0.05, 0) is 31.6 Å². The van der Waals surface area contributed by atoms with Crippen molar-refractivity contribution in [2.45, 2.75) is 25.7 Å². The Labute approximate surface area is 67.0 Å². The van der Waals surface area contributed by atoms with E-state index < -0.39 is 0 Å². The third kappa shape index (κ3) is 1.88. The minimum Gasteiger partial charge on any atom is -0.198 e. The lowest BCUT2D eigenvalue weighted by atomic mass is 9.84. The number of rotatable bonds is 1. The van der Waals surface area contributed by atoms with Crippen LogP contribution in [0.4, 0.5) is 0 Å². The average molecular weight is 158 g/mol. The van der Waals surface area contributed by atoms with Crippen LogP contribution in [0, 0.1) is 23.2 Å². The fourth-order valence-corrected chi connectivity index (χ4v) is 1.75. The van der Waals surface area contributed by atoms with Crippen LogP contribution in [0.1, 0.15) is 25.7 Å². The quantitative estimate of drug-likeness (QED) is 0.537. The first-order valence-corrected chi connectivity index (χ1v) is 4.36. The predicted octanol–water partition coefficient (Wildman–Crippen LogP) is 2.56. The molecule has 1 rings (SSSR count). The number of nitrogens with zero attached hydrogens (tertiary/aromatic N) is 1. The highest BCUT2D eigenvalue weighted by atomic mass is 35.5. The summed E-state index contributed by atoms with van der Waals surface area (Å²) in [6.45, 7) is 0. The molecule has 0 aromatic rings. The Balaban J connectivity index is 2.25. The maximum atomic E-state index is 8.57. The van der Waals surface area contributed by atoms with Crippen LogP contribution in [0.2, 0.25) is 0 Å². The Kier molecular flexibility index (Phi) is 3.02. The summed E-state index contributed by atoms with van der Waals surface area (Å²) in [5.41, 5.74) is 0. The van der Waals surface area contributed by atoms with E-state index in [0.717, 1.165) is 31.6 Å². The highest BCUT2D eigenvalue weighted by Gasteiger charge is 2.19. The van der Waals surface area contributed by atoms with Gasteiger partial charge in [-0.15, -0.1) is 11.6 Å². The Morgan fingerprint density at radius 3 is 2.30 bits per heavy atom. The van der Waals surface area contributed by atoms with Crippen LogP contribution in [0.15, 0.2) is 0 Å². The highest BCUT2D eigenvalue weighted by Crippen LogP contribution is 2.28. The summed E-state index contributed by atoms with van der Waals surface area (Å²) in [6, 6.07) is 2.31. The maximum absolute atomic E-state index is 8.57. The SMILES string of the molecule is N#CC1CCC(CCl)CC1. The van der Waals surface area contributed by atoms with Gasteiger partial charge in [-0.3, -0.25) is 0 Å². The van der Waals surface area contributed by atoms with Crippen LogP contribution >= 0.6 is 11.6 Å². The van der Waals surface area contributed by atoms with Gasteiger partial charge >= 0.3 is 0 Å². The van der Waals surface area contributed by atoms with E-state index in [1.54, 1.807) is 0 Å². The molecule has 56 valence electrons. The van der Waals surface area contributed by atoms with E-state index in [2.05, 4.69) is 6.07 Å². The minimum atomic E-state index is 0.319. The summed E-state index contributed by atoms with van der Waals surface area (Å²) in [4.78, 5) is 0. The highest BCUT2D eigenvalue weighted by molar-refractivity contribution is 6.18. The molecular formula is C8H12ClN. The molecule has 0 atom stereocenters. The summed E-state index contributed by atoms with van der Waals surface area (Å²) in [5, 5.41) is 8.57. The summed E-state index contributed by atoms with van der Waals surface area (Å²) < 4.78 is 0. The lowest BCUT2D eigenvalue weighted by molar-refractivity contribution is 0.339. The molecule has 1 saturated carbocycles. The van der Waals surface area contributed by atoms with Crippen molar-refractivity contribution in [3.8, 4) is 6.07 Å². The van der Waals surface area contributed by atoms with Crippen LogP contribution in [-0.2, 0) is 0 Å². The molecule has 0 heterocycles. The van der Waals surface area contributed by atoms with Crippen molar-refractivity contribution < 1.29 is 0 Å². The van der Waals surface area contributed by atoms with E-state index >= 15 is 0 Å². The van der Waals surface area contributed by atoms with Crippen molar-refractivity contribution >= 4 is 11.6 Å². The van der Waals surface area contributed by atoms with E-state index in [9.17, 15) is 0 Å². The van der Waals surface area contributed by atoms with Crippen molar-refractivity contribution in [1.82, 2.24) is 0 Å². The van der Waals surface area contributed by atoms with Gasteiger partial charge in [0.05, 0.1) is 6.07 Å². The molecule has 1 aliphatic rings. The second kappa shape index (κ2) is 3.83. The standard InChI is InChI=1S/C8H12ClN/c9-5-7-1-3-8(6-10)4-2-7/h7-8H,1-5H2. The number of nitriles is 1. The molecule has 0 aliphatic heterocycles. The summed E-state index contributed by atoms with van der Waals surface area (Å²) in [6.07, 6.45) is 4.44. The van der Waals surface area contributed by atoms with Gasteiger partial charge in [-0.2, -0.15) is 5.26 Å². The molecule has 0 N–H and O–H groups in total. The largest absolute Gasteiger partial charge is 0.198 e. The lowest BCUT2D eigenvalue weighted by Crippen LogP contribution is -2.13. The molecule has 1 nitrogen and oxygen atoms in total. The van der Waals surface area contributed by atoms with Crippen LogP contribution in [0.5, 0.6) is 0 Å². The Hall–Kier alpha value is -0.220. The van der Waals surface area contributed by atoms with Crippen molar-refractivity contribution in [1.29, 1.82) is 5.26 Å². The van der Waals surface area contributed by atoms with Crippen molar-refractivity contribution in [3.63, 3.8) is 0 Å². The van der Waals surface area contributed by atoms with E-state index in [0.29, 0.717) is 11.8 Å². The van der Waals surface area contributed by atoms with Gasteiger partial charge in [0.15, 0.2) is 0 Å². The number of hydrogen-bond donors (Lipinski definition) is 0. The molecule has 0 unspecified atom stereocenters. The van der Waals surface area contributed by atoms with Crippen LogP contribution in [-0.4, -0.2) is 5.88 Å². The molecule has 0 bridgehead atoms. The van der Waals surface area contributed by atoms with Gasteiger partial charge < -0.3 is 0 Å². The van der Waals surface area contributed by atoms with Crippen LogP contribution < -0.4 is 0 Å². The first-order valence-electron chi connectivity index (χ1n) is 3.82. The third-order valence-electron chi connectivity index (χ3n) is 2.25. The molecule has 2 heteroatoms. The summed E-state index contributed by atoms with van der Waals surface area (Å²) >= 11 is 5.69. The first-order chi connectivity index (χ1) is 4.86. The van der Waals surface area contributed by atoms with Gasteiger partial charge in [0.2, 0.25) is 0 Å². The van der Waals surface area contributed by atoms with Crippen LogP contribution in [0.3, 0.4) is 0 Å². The average Bonchev–Trinajstić information content (AvgIpc) is 2.05. The monoisotopic (exact) mass is 157 g/mol. The zero-order valence-electron chi connectivity index (χ0n) is 6.02. The Bertz CT molecular complexity index is 131. The smallest absolute Gasteiger partial charge is 0.0655 e. The predicted molar refractivity (Wildman–Crippen MR) is 41.8 cm³/mol. The third-order valence-corrected chi connectivity index (χ3v) is 2.68. The molecule has 0 amide bonds. The lowest BCUT2D eigenvalue weighted by Gasteiger charge is -2.22. The number of hydrogen-bond acceptors (Lipinski definition) is 1. The van der Waals surface area contributed by atoms with Gasteiger partial charge in [-0.1, -0.05) is 0 Å². The topological polar surface area (TPSA) is 23.8 Å². The van der Waals surface area contributed by atoms with E-state index in [1.807, 2.05) is 0 Å². The maximum Gasteiger partial charge on any atom is 0.0655 e. The number of halogens is 1. The second-order valence-corrected chi connectivity index (χ2v) is 3.31. The Morgan fingerprint density at radius 1 is 1.30 bits per heavy atom. The van der Waals surface area contributed by atoms with Crippen molar-refractivity contribution in [3.05, 3.63) is 0 Å². The van der Waals surface area contributed by atoms with E-state index in [-0.39, 0.29) is 0 Å². The first kappa shape index (κ1) is 7.88. The van der Waals surface area contributed by atoms with Gasteiger partial charge in [0.25, 0.3) is 0 Å². The molecule has 0 radical (unpaired) electrons. The minimum absolute atomic E-state index is 0.319. The normalized spacial score (nSPS) is 33.2. The number of alkyl halides is 1. The molecule has 0 saturated heterocycles. The van der Waals surface area contributed by atoms with Crippen molar-refractivity contribution in [2.75, 3.05) is 5.88 Å². The summed E-state index contributed by atoms with van der Waals surface area (Å²) in [5.74, 6) is 1.78. The van der Waals surface area contributed by atoms with Gasteiger partial charge in [0, 0.05) is 11.8 Å². The van der Waals surface area contributed by atoms with Crippen molar-refractivity contribution in [2.24, 2.45) is 11.8 Å². The second-order valence-electron chi connectivity index (χ2n) is 3.00. The fourth-order valence-electron chi connectivity index (χ4n) is 1.45. The molecule has 1 aliphatic carbocycles. The molecule has 0 aromatic carbocycles. The van der Waals surface area contributed by atoms with E-state index in [4.69, 9.17) is 16.9 Å². The van der Waals surface area contributed by atoms with Gasteiger partial charge in [0.1, 0.15) is 0 Å². The summed E-state index contributed by atoms with van der Waals surface area (Å²) in [7, 11) is 0. The molecule has 0 spiro atoms. The Morgan fingerprint density at radius 2 is 1.90 bits per heavy atom. The van der Waals surface area contributed by atoms with Gasteiger partial charge in [-0.25, -0.2) is 0 Å². The molecule has 1 fully saturated rings. The molecule has 0 aromatic heterocycles. The zero-order chi connectivity index (χ0) is 7.40. The molecule has 10 heavy (non-hydrogen) atoms. The van der Waals surface area contributed by atoms with E-state index in [1.165, 1.54) is 0 Å². The van der Waals surface area contributed by atoms with Crippen LogP contribution in [0.25, 0.3) is 0 Å².